The van der Waals surface area contributed by atoms with Crippen LogP contribution in [0.5, 0.6) is 11.5 Å². The Balaban J connectivity index is 0.587. The molecule has 1 atom stereocenters. The van der Waals surface area contributed by atoms with Crippen LogP contribution in [0, 0.1) is 0 Å². The summed E-state index contributed by atoms with van der Waals surface area (Å²) in [6.07, 6.45) is 4.20. The number of aromatic hydroxyl groups is 1. The second kappa shape index (κ2) is 26.4. The molecule has 0 radical (unpaired) electrons. The van der Waals surface area contributed by atoms with E-state index in [1.165, 1.54) is 12.7 Å². The van der Waals surface area contributed by atoms with Gasteiger partial charge in [-0.1, -0.05) is 115 Å². The van der Waals surface area contributed by atoms with Crippen LogP contribution in [-0.4, -0.2) is 82.6 Å². The number of hydrogen-bond acceptors (Lipinski definition) is 14. The summed E-state index contributed by atoms with van der Waals surface area (Å²) in [6, 6.07) is 66.8. The lowest BCUT2D eigenvalue weighted by atomic mass is 9.99. The van der Waals surface area contributed by atoms with E-state index in [0.717, 1.165) is 61.3 Å². The Kier molecular flexibility index (Phi) is 16.8. The minimum absolute atomic E-state index is 0.144. The van der Waals surface area contributed by atoms with Gasteiger partial charge in [0.15, 0.2) is 0 Å². The number of hydrogen-bond donors (Lipinski definition) is 7. The summed E-state index contributed by atoms with van der Waals surface area (Å²) in [4.78, 5) is 46.3. The van der Waals surface area contributed by atoms with E-state index in [9.17, 15) is 14.7 Å². The average Bonchev–Trinajstić information content (AvgIpc) is 1.97. The molecule has 0 saturated carbocycles. The maximum absolute atomic E-state index is 13.2. The normalized spacial score (nSPS) is 13.0. The number of para-hydroxylation sites is 1. The van der Waals surface area contributed by atoms with Crippen molar-refractivity contribution < 1.29 is 33.0 Å². The summed E-state index contributed by atoms with van der Waals surface area (Å²) < 4.78 is 25.4. The van der Waals surface area contributed by atoms with E-state index < -0.39 is 0 Å². The van der Waals surface area contributed by atoms with Crippen LogP contribution in [0.2, 0.25) is 0 Å². The van der Waals surface area contributed by atoms with Gasteiger partial charge in [0.2, 0.25) is 11.4 Å². The molecule has 1 fully saturated rings. The number of carbonyl (C=O) groups excluding carboxylic acids is 2. The molecule has 4 amide bonds. The highest BCUT2D eigenvalue weighted by atomic mass is 16.5. The molecule has 12 aromatic rings. The molecule has 1 unspecified atom stereocenters. The van der Waals surface area contributed by atoms with Crippen molar-refractivity contribution in [1.29, 1.82) is 0 Å². The zero-order valence-corrected chi connectivity index (χ0v) is 48.2. The van der Waals surface area contributed by atoms with Crippen LogP contribution in [-0.2, 0) is 17.6 Å². The number of furan rings is 2. The first-order valence-corrected chi connectivity index (χ1v) is 29.3. The van der Waals surface area contributed by atoms with Gasteiger partial charge in [-0.05, 0) is 132 Å². The second-order valence-electron chi connectivity index (χ2n) is 21.3. The van der Waals surface area contributed by atoms with Crippen LogP contribution in [0.4, 0.5) is 49.7 Å². The van der Waals surface area contributed by atoms with Crippen LogP contribution in [0.1, 0.15) is 11.1 Å². The lowest BCUT2D eigenvalue weighted by Gasteiger charge is -2.34. The summed E-state index contributed by atoms with van der Waals surface area (Å²) in [6.45, 7) is 3.35. The molecule has 8 aromatic carbocycles. The Morgan fingerprint density at radius 3 is 1.45 bits per heavy atom. The monoisotopic (exact) mass is 1180 g/mol. The highest BCUT2D eigenvalue weighted by molar-refractivity contribution is 6.07. The van der Waals surface area contributed by atoms with Gasteiger partial charge in [0.05, 0.1) is 17.4 Å². The van der Waals surface area contributed by atoms with Crippen LogP contribution < -0.4 is 41.5 Å². The molecule has 0 bridgehead atoms. The number of urea groups is 2. The van der Waals surface area contributed by atoms with E-state index in [-0.39, 0.29) is 23.9 Å². The lowest BCUT2D eigenvalue weighted by Crippen LogP contribution is -2.45. The molecule has 1 aliphatic heterocycles. The van der Waals surface area contributed by atoms with Gasteiger partial charge in [0, 0.05) is 76.9 Å². The summed E-state index contributed by atoms with van der Waals surface area (Å²) in [5.41, 5.74) is 12.1. The van der Waals surface area contributed by atoms with Crippen LogP contribution >= 0.6 is 0 Å². The standard InChI is InChI=1S/C71H61N11O7/c83-57-32-20-49(21-33-57)61-63-67(73-39-37-46-16-24-53(25-17-46)79-70(84)78-52-14-8-3-9-15-52)75-45-77-69(63)89-65(61)51-22-34-58(35-23-51)87-43-59-42-82(40-41-86-59)56-30-28-55(29-31-56)81-71(85)80-54-26-18-47(19-27-54)36-38-72-66-62-60(48-10-4-1-5-11-48)64(50-12-6-2-7-13-50)88-68(62)76-44-74-66/h1-35,44-45,59,83H,36-43H2,(H,72,74,76)(H,73,75,77)(H2,78,79,84)(H2,80,81,85). The van der Waals surface area contributed by atoms with Crippen LogP contribution in [0.25, 0.3) is 67.1 Å². The van der Waals surface area contributed by atoms with Gasteiger partial charge in [-0.15, -0.1) is 0 Å². The Hall–Kier alpha value is -11.5. The van der Waals surface area contributed by atoms with E-state index in [4.69, 9.17) is 18.3 Å². The number of anilines is 7. The molecule has 89 heavy (non-hydrogen) atoms. The van der Waals surface area contributed by atoms with Gasteiger partial charge in [0.1, 0.15) is 60.0 Å². The largest absolute Gasteiger partial charge is 0.508 e. The summed E-state index contributed by atoms with van der Waals surface area (Å²) in [5.74, 6) is 3.45. The van der Waals surface area contributed by atoms with E-state index in [2.05, 4.69) is 68.9 Å². The molecule has 18 nitrogen and oxygen atoms in total. The second-order valence-corrected chi connectivity index (χ2v) is 21.3. The van der Waals surface area contributed by atoms with Gasteiger partial charge in [0.25, 0.3) is 0 Å². The van der Waals surface area contributed by atoms with Crippen LogP contribution in [0.3, 0.4) is 0 Å². The summed E-state index contributed by atoms with van der Waals surface area (Å²) in [5, 5.41) is 30.4. The van der Waals surface area contributed by atoms with Crippen molar-refractivity contribution >= 4 is 74.3 Å². The first-order chi connectivity index (χ1) is 43.8. The molecular formula is C71H61N11O7. The van der Waals surface area contributed by atoms with E-state index in [1.807, 2.05) is 188 Å². The molecule has 442 valence electrons. The number of morpholine rings is 1. The fraction of sp³-hybridized carbons (Fsp3) is 0.127. The number of rotatable bonds is 20. The molecule has 4 aromatic heterocycles. The van der Waals surface area contributed by atoms with Gasteiger partial charge < -0.3 is 60.2 Å². The Morgan fingerprint density at radius 1 is 0.494 bits per heavy atom. The van der Waals surface area contributed by atoms with Gasteiger partial charge in [-0.2, -0.15) is 0 Å². The average molecular weight is 1180 g/mol. The minimum atomic E-state index is -0.346. The molecule has 0 aliphatic carbocycles. The maximum atomic E-state index is 13.2. The lowest BCUT2D eigenvalue weighted by molar-refractivity contribution is 0.0103. The van der Waals surface area contributed by atoms with Crippen molar-refractivity contribution in [3.05, 3.63) is 236 Å². The SMILES string of the molecule is O=C(Nc1ccccc1)Nc1ccc(CCNc2ncnc3oc(-c4ccc(OCC5CN(c6ccc(NC(=O)Nc7ccc(CCNc8ncnc9oc(-c%10ccccc%10)c(-c%10ccccc%10)c89)cc7)cc6)CCO5)cc4)c(-c4ccc(O)cc4)c23)cc1. The third-order valence-electron chi connectivity index (χ3n) is 15.3. The summed E-state index contributed by atoms with van der Waals surface area (Å²) >= 11 is 0. The highest BCUT2D eigenvalue weighted by Gasteiger charge is 2.26. The number of phenols is 1. The first-order valence-electron chi connectivity index (χ1n) is 29.3. The van der Waals surface area contributed by atoms with Crippen molar-refractivity contribution in [3.63, 3.8) is 0 Å². The molecule has 13 rings (SSSR count). The van der Waals surface area contributed by atoms with E-state index >= 15 is 0 Å². The van der Waals surface area contributed by atoms with Crippen molar-refractivity contribution in [3.8, 4) is 56.4 Å². The molecule has 5 heterocycles. The minimum Gasteiger partial charge on any atom is -0.508 e. The third kappa shape index (κ3) is 13.5. The predicted molar refractivity (Wildman–Crippen MR) is 350 cm³/mol. The number of carbonyl (C=O) groups is 2. The van der Waals surface area contributed by atoms with Gasteiger partial charge in [-0.3, -0.25) is 0 Å². The third-order valence-corrected chi connectivity index (χ3v) is 15.3. The molecule has 1 aliphatic rings. The van der Waals surface area contributed by atoms with Crippen molar-refractivity contribution in [1.82, 2.24) is 19.9 Å². The van der Waals surface area contributed by atoms with Crippen molar-refractivity contribution in [2.75, 3.05) is 76.2 Å². The molecule has 1 saturated heterocycles. The number of phenolic OH excluding ortho intramolecular Hbond substituents is 1. The molecule has 0 spiro atoms. The first kappa shape index (κ1) is 56.6. The summed E-state index contributed by atoms with van der Waals surface area (Å²) in [7, 11) is 0. The topological polar surface area (TPSA) is 226 Å². The zero-order valence-electron chi connectivity index (χ0n) is 48.2. The predicted octanol–water partition coefficient (Wildman–Crippen LogP) is 15.0. The maximum Gasteiger partial charge on any atom is 0.323 e. The number of nitrogens with zero attached hydrogens (tertiary/aromatic N) is 5. The number of fused-ring (bicyclic) bond motifs is 2. The number of amides is 4. The van der Waals surface area contributed by atoms with Crippen molar-refractivity contribution in [2.45, 2.75) is 18.9 Å². The smallest absolute Gasteiger partial charge is 0.323 e. The Morgan fingerprint density at radius 2 is 0.933 bits per heavy atom. The Labute approximate surface area is 512 Å². The fourth-order valence-corrected chi connectivity index (χ4v) is 10.9. The number of aromatic nitrogens is 4. The molecule has 18 heteroatoms. The van der Waals surface area contributed by atoms with Gasteiger partial charge in [-0.25, -0.2) is 29.5 Å². The van der Waals surface area contributed by atoms with E-state index in [1.54, 1.807) is 12.1 Å². The number of nitrogens with one attached hydrogen (secondary N) is 6. The quantitative estimate of drug-likeness (QED) is 0.0377. The molecular weight excluding hydrogens is 1120 g/mol. The zero-order chi connectivity index (χ0) is 60.3. The highest BCUT2D eigenvalue weighted by Crippen LogP contribution is 2.45. The van der Waals surface area contributed by atoms with Gasteiger partial charge >= 0.3 is 12.1 Å². The molecule has 7 N–H and O–H groups in total. The van der Waals surface area contributed by atoms with Crippen molar-refractivity contribution in [2.24, 2.45) is 0 Å². The number of benzene rings is 8. The Bertz CT molecular complexity index is 4360. The number of ether oxygens (including phenoxy) is 2. The van der Waals surface area contributed by atoms with E-state index in [0.29, 0.717) is 115 Å². The van der Waals surface area contributed by atoms with Crippen LogP contribution in [0.15, 0.2) is 234 Å². The fourth-order valence-electron chi connectivity index (χ4n) is 10.9.